The van der Waals surface area contributed by atoms with E-state index < -0.39 is 0 Å². The number of fused-ring (bicyclic) bond motifs is 1. The molecule has 1 aromatic heterocycles. The first-order chi connectivity index (χ1) is 13.5. The monoisotopic (exact) mass is 377 g/mol. The fourth-order valence-electron chi connectivity index (χ4n) is 3.68. The summed E-state index contributed by atoms with van der Waals surface area (Å²) in [4.78, 5) is 30.7. The van der Waals surface area contributed by atoms with Crippen LogP contribution in [0.15, 0.2) is 54.6 Å². The maximum Gasteiger partial charge on any atom is 0.272 e. The highest BCUT2D eigenvalue weighted by atomic mass is 16.5. The number of anilines is 1. The highest BCUT2D eigenvalue weighted by Gasteiger charge is 2.28. The Labute approximate surface area is 163 Å². The molecular formula is C22H23N3O3. The van der Waals surface area contributed by atoms with Crippen LogP contribution in [0, 0.1) is 0 Å². The zero-order chi connectivity index (χ0) is 19.7. The van der Waals surface area contributed by atoms with Crippen LogP contribution < -0.4 is 5.32 Å². The summed E-state index contributed by atoms with van der Waals surface area (Å²) in [5.41, 5.74) is 2.33. The van der Waals surface area contributed by atoms with Crippen molar-refractivity contribution in [2.75, 3.05) is 18.4 Å². The van der Waals surface area contributed by atoms with E-state index in [1.165, 1.54) is 0 Å². The zero-order valence-electron chi connectivity index (χ0n) is 15.9. The lowest BCUT2D eigenvalue weighted by molar-refractivity contribution is -0.0585. The van der Waals surface area contributed by atoms with Gasteiger partial charge in [-0.1, -0.05) is 30.3 Å². The number of nitrogens with one attached hydrogen (secondary N) is 2. The summed E-state index contributed by atoms with van der Waals surface area (Å²) < 4.78 is 5.72. The number of rotatable bonds is 3. The number of carbonyl (C=O) groups excluding carboxylic acids is 2. The molecule has 3 aromatic rings. The minimum absolute atomic E-state index is 0.0131. The Morgan fingerprint density at radius 1 is 1.04 bits per heavy atom. The number of ether oxygens (including phenoxy) is 1. The fraction of sp³-hybridized carbons (Fsp3) is 0.273. The summed E-state index contributed by atoms with van der Waals surface area (Å²) in [6, 6.07) is 16.6. The van der Waals surface area contributed by atoms with Gasteiger partial charge in [-0.2, -0.15) is 0 Å². The Balaban J connectivity index is 1.57. The van der Waals surface area contributed by atoms with E-state index in [1.54, 1.807) is 29.2 Å². The average Bonchev–Trinajstić information content (AvgIpc) is 3.11. The smallest absolute Gasteiger partial charge is 0.272 e. The maximum absolute atomic E-state index is 13.1. The summed E-state index contributed by atoms with van der Waals surface area (Å²) in [7, 11) is 0. The van der Waals surface area contributed by atoms with E-state index in [-0.39, 0.29) is 24.0 Å². The molecule has 2 unspecified atom stereocenters. The van der Waals surface area contributed by atoms with Gasteiger partial charge in [0.2, 0.25) is 0 Å². The fourth-order valence-corrected chi connectivity index (χ4v) is 3.68. The number of aromatic nitrogens is 1. The Kier molecular flexibility index (Phi) is 4.88. The van der Waals surface area contributed by atoms with Crippen molar-refractivity contribution >= 4 is 28.4 Å². The number of amides is 2. The summed E-state index contributed by atoms with van der Waals surface area (Å²) >= 11 is 0. The number of nitrogens with zero attached hydrogens (tertiary/aromatic N) is 1. The minimum Gasteiger partial charge on any atom is -0.372 e. The number of carbonyl (C=O) groups is 2. The second-order valence-corrected chi connectivity index (χ2v) is 7.24. The van der Waals surface area contributed by atoms with Gasteiger partial charge in [0.1, 0.15) is 5.69 Å². The molecule has 0 aliphatic carbocycles. The second kappa shape index (κ2) is 7.48. The summed E-state index contributed by atoms with van der Waals surface area (Å²) in [6.45, 7) is 4.99. The van der Waals surface area contributed by atoms with Gasteiger partial charge in [-0.25, -0.2) is 0 Å². The van der Waals surface area contributed by atoms with Gasteiger partial charge in [-0.05, 0) is 38.1 Å². The van der Waals surface area contributed by atoms with Crippen LogP contribution in [0.3, 0.4) is 0 Å². The molecule has 0 saturated carbocycles. The van der Waals surface area contributed by atoms with Crippen molar-refractivity contribution in [2.45, 2.75) is 26.1 Å². The molecule has 1 saturated heterocycles. The standard InChI is InChI=1S/C22H23N3O3/c1-14-12-25(13-15(2)28-14)22(27)17-8-4-6-10-19(17)24-21(26)20-11-16-7-3-5-9-18(16)23-20/h3-11,14-15,23H,12-13H2,1-2H3,(H,24,26). The number of aromatic amines is 1. The molecule has 2 amide bonds. The van der Waals surface area contributed by atoms with Gasteiger partial charge in [-0.15, -0.1) is 0 Å². The number of para-hydroxylation sites is 2. The van der Waals surface area contributed by atoms with Crippen molar-refractivity contribution in [1.29, 1.82) is 0 Å². The topological polar surface area (TPSA) is 74.4 Å². The Hall–Kier alpha value is -3.12. The first-order valence-electron chi connectivity index (χ1n) is 9.44. The molecule has 0 radical (unpaired) electrons. The van der Waals surface area contributed by atoms with Crippen LogP contribution >= 0.6 is 0 Å². The molecule has 144 valence electrons. The third-order valence-corrected chi connectivity index (χ3v) is 4.89. The molecule has 2 heterocycles. The predicted octanol–water partition coefficient (Wildman–Crippen LogP) is 3.67. The lowest BCUT2D eigenvalue weighted by atomic mass is 10.1. The molecule has 1 aliphatic rings. The van der Waals surface area contributed by atoms with Crippen molar-refractivity contribution in [3.8, 4) is 0 Å². The highest BCUT2D eigenvalue weighted by molar-refractivity contribution is 6.09. The predicted molar refractivity (Wildman–Crippen MR) is 109 cm³/mol. The minimum atomic E-state index is -0.278. The van der Waals surface area contributed by atoms with Crippen LogP contribution in [-0.4, -0.2) is 47.0 Å². The molecule has 4 rings (SSSR count). The number of hydrogen-bond donors (Lipinski definition) is 2. The molecule has 0 bridgehead atoms. The molecule has 2 atom stereocenters. The van der Waals surface area contributed by atoms with Crippen LogP contribution in [0.2, 0.25) is 0 Å². The lowest BCUT2D eigenvalue weighted by Gasteiger charge is -2.35. The average molecular weight is 377 g/mol. The normalized spacial score (nSPS) is 19.6. The van der Waals surface area contributed by atoms with Crippen LogP contribution in [0.4, 0.5) is 5.69 Å². The zero-order valence-corrected chi connectivity index (χ0v) is 15.9. The van der Waals surface area contributed by atoms with Crippen molar-refractivity contribution in [3.63, 3.8) is 0 Å². The van der Waals surface area contributed by atoms with Gasteiger partial charge >= 0.3 is 0 Å². The largest absolute Gasteiger partial charge is 0.372 e. The van der Waals surface area contributed by atoms with Crippen molar-refractivity contribution in [3.05, 3.63) is 65.9 Å². The Morgan fingerprint density at radius 2 is 1.71 bits per heavy atom. The van der Waals surface area contributed by atoms with Gasteiger partial charge in [0.15, 0.2) is 0 Å². The van der Waals surface area contributed by atoms with E-state index >= 15 is 0 Å². The molecular weight excluding hydrogens is 354 g/mol. The van der Waals surface area contributed by atoms with Crippen LogP contribution in [0.25, 0.3) is 10.9 Å². The van der Waals surface area contributed by atoms with Gasteiger partial charge in [0.25, 0.3) is 11.8 Å². The number of benzene rings is 2. The first kappa shape index (κ1) is 18.3. The van der Waals surface area contributed by atoms with E-state index in [0.717, 1.165) is 10.9 Å². The Morgan fingerprint density at radius 3 is 2.46 bits per heavy atom. The molecule has 1 aliphatic heterocycles. The summed E-state index contributed by atoms with van der Waals surface area (Å²) in [6.07, 6.45) is -0.0263. The Bertz CT molecular complexity index is 984. The van der Waals surface area contributed by atoms with Gasteiger partial charge in [0, 0.05) is 24.0 Å². The molecule has 0 spiro atoms. The summed E-state index contributed by atoms with van der Waals surface area (Å²) in [5, 5.41) is 3.85. The number of H-pyrrole nitrogens is 1. The first-order valence-corrected chi connectivity index (χ1v) is 9.44. The molecule has 6 heteroatoms. The van der Waals surface area contributed by atoms with Crippen molar-refractivity contribution in [2.24, 2.45) is 0 Å². The van der Waals surface area contributed by atoms with Gasteiger partial charge < -0.3 is 19.9 Å². The molecule has 2 N–H and O–H groups in total. The molecule has 1 fully saturated rings. The highest BCUT2D eigenvalue weighted by Crippen LogP contribution is 2.22. The van der Waals surface area contributed by atoms with Gasteiger partial charge in [-0.3, -0.25) is 9.59 Å². The third kappa shape index (κ3) is 3.64. The second-order valence-electron chi connectivity index (χ2n) is 7.24. The lowest BCUT2D eigenvalue weighted by Crippen LogP contribution is -2.48. The molecule has 28 heavy (non-hydrogen) atoms. The van der Waals surface area contributed by atoms with Crippen LogP contribution in [0.1, 0.15) is 34.7 Å². The van der Waals surface area contributed by atoms with E-state index in [4.69, 9.17) is 4.74 Å². The van der Waals surface area contributed by atoms with Crippen molar-refractivity contribution in [1.82, 2.24) is 9.88 Å². The molecule has 2 aromatic carbocycles. The SMILES string of the molecule is CC1CN(C(=O)c2ccccc2NC(=O)c2cc3ccccc3[nH]2)CC(C)O1. The summed E-state index contributed by atoms with van der Waals surface area (Å²) in [5.74, 6) is -0.380. The van der Waals surface area contributed by atoms with Crippen LogP contribution in [0.5, 0.6) is 0 Å². The van der Waals surface area contributed by atoms with E-state index in [9.17, 15) is 9.59 Å². The quantitative estimate of drug-likeness (QED) is 0.731. The maximum atomic E-state index is 13.1. The third-order valence-electron chi connectivity index (χ3n) is 4.89. The van der Waals surface area contributed by atoms with E-state index in [0.29, 0.717) is 30.0 Å². The van der Waals surface area contributed by atoms with Gasteiger partial charge in [0.05, 0.1) is 23.5 Å². The molecule has 6 nitrogen and oxygen atoms in total. The van der Waals surface area contributed by atoms with Crippen LogP contribution in [-0.2, 0) is 4.74 Å². The van der Waals surface area contributed by atoms with Crippen molar-refractivity contribution < 1.29 is 14.3 Å². The van der Waals surface area contributed by atoms with E-state index in [1.807, 2.05) is 44.2 Å². The number of hydrogen-bond acceptors (Lipinski definition) is 3. The van der Waals surface area contributed by atoms with E-state index in [2.05, 4.69) is 10.3 Å². The number of morpholine rings is 1.